The molecule has 0 bridgehead atoms. The molecule has 2 N–H and O–H groups in total. The van der Waals surface area contributed by atoms with Crippen molar-refractivity contribution in [3.05, 3.63) is 42.6 Å². The highest BCUT2D eigenvalue weighted by atomic mass is 16.3. The summed E-state index contributed by atoms with van der Waals surface area (Å²) in [5, 5.41) is 19.5. The number of nitrogens with one attached hydrogen (secondary N) is 1. The largest absolute Gasteiger partial charge is 0.388 e. The summed E-state index contributed by atoms with van der Waals surface area (Å²) in [6.07, 6.45) is 5.97. The van der Waals surface area contributed by atoms with E-state index in [1.54, 1.807) is 32.9 Å². The Labute approximate surface area is 180 Å². The van der Waals surface area contributed by atoms with Crippen LogP contribution in [-0.4, -0.2) is 59.8 Å². The molecule has 3 heterocycles. The minimum absolute atomic E-state index is 0.0472. The second-order valence-corrected chi connectivity index (χ2v) is 8.66. The van der Waals surface area contributed by atoms with Gasteiger partial charge >= 0.3 is 0 Å². The van der Waals surface area contributed by atoms with Crippen molar-refractivity contribution in [2.24, 2.45) is 13.0 Å². The van der Waals surface area contributed by atoms with Crippen molar-refractivity contribution in [2.45, 2.75) is 38.8 Å². The van der Waals surface area contributed by atoms with E-state index in [9.17, 15) is 14.7 Å². The number of aryl methyl sites for hydroxylation is 1. The Morgan fingerprint density at radius 2 is 2.00 bits per heavy atom. The number of likely N-dealkylation sites (tertiary alicyclic amines) is 1. The number of piperidine rings is 1. The van der Waals surface area contributed by atoms with Gasteiger partial charge in [-0.3, -0.25) is 14.3 Å². The van der Waals surface area contributed by atoms with Gasteiger partial charge in [-0.2, -0.15) is 5.10 Å². The topological polar surface area (TPSA) is 105 Å². The van der Waals surface area contributed by atoms with Crippen LogP contribution in [0.4, 0.5) is 5.69 Å². The van der Waals surface area contributed by atoms with Crippen molar-refractivity contribution >= 4 is 28.4 Å². The summed E-state index contributed by atoms with van der Waals surface area (Å²) in [6.45, 7) is 4.93. The zero-order valence-corrected chi connectivity index (χ0v) is 18.1. The fourth-order valence-electron chi connectivity index (χ4n) is 3.81. The lowest BCUT2D eigenvalue weighted by atomic mass is 9.91. The molecule has 1 fully saturated rings. The predicted molar refractivity (Wildman–Crippen MR) is 116 cm³/mol. The van der Waals surface area contributed by atoms with Gasteiger partial charge in [0.05, 0.1) is 30.2 Å². The van der Waals surface area contributed by atoms with Crippen molar-refractivity contribution in [1.29, 1.82) is 0 Å². The number of fused-ring (bicyclic) bond motifs is 1. The van der Waals surface area contributed by atoms with Gasteiger partial charge in [0.1, 0.15) is 5.69 Å². The molecular weight excluding hydrogens is 396 g/mol. The molecule has 1 aromatic carbocycles. The number of imidazole rings is 1. The Morgan fingerprint density at radius 1 is 1.26 bits per heavy atom. The molecule has 0 spiro atoms. The van der Waals surface area contributed by atoms with E-state index in [1.165, 1.54) is 0 Å². The molecule has 0 unspecified atom stereocenters. The lowest BCUT2D eigenvalue weighted by Gasteiger charge is -2.38. The number of anilines is 1. The fourth-order valence-corrected chi connectivity index (χ4v) is 3.81. The maximum atomic E-state index is 12.6. The van der Waals surface area contributed by atoms with Crippen LogP contribution in [0.15, 0.2) is 36.9 Å². The number of hydrogen-bond acceptors (Lipinski definition) is 5. The van der Waals surface area contributed by atoms with Gasteiger partial charge < -0.3 is 19.9 Å². The van der Waals surface area contributed by atoms with E-state index < -0.39 is 5.60 Å². The lowest BCUT2D eigenvalue weighted by Crippen LogP contribution is -2.48. The second kappa shape index (κ2) is 8.14. The first-order valence-corrected chi connectivity index (χ1v) is 10.5. The second-order valence-electron chi connectivity index (χ2n) is 8.66. The Kier molecular flexibility index (Phi) is 5.53. The van der Waals surface area contributed by atoms with Gasteiger partial charge in [-0.05, 0) is 31.0 Å². The van der Waals surface area contributed by atoms with Crippen LogP contribution >= 0.6 is 0 Å². The zero-order valence-electron chi connectivity index (χ0n) is 18.1. The van der Waals surface area contributed by atoms with E-state index in [0.29, 0.717) is 43.9 Å². The molecule has 3 aromatic rings. The molecule has 4 rings (SSSR count). The van der Waals surface area contributed by atoms with Crippen LogP contribution in [0.1, 0.15) is 37.2 Å². The van der Waals surface area contributed by atoms with Crippen molar-refractivity contribution in [2.75, 3.05) is 18.4 Å². The van der Waals surface area contributed by atoms with Gasteiger partial charge in [-0.25, -0.2) is 4.98 Å². The van der Waals surface area contributed by atoms with Crippen LogP contribution in [0.2, 0.25) is 0 Å². The number of carbonyl (C=O) groups excluding carboxylic acids is 2. The van der Waals surface area contributed by atoms with Crippen molar-refractivity contribution in [1.82, 2.24) is 24.2 Å². The normalized spacial score (nSPS) is 16.1. The summed E-state index contributed by atoms with van der Waals surface area (Å²) in [5.74, 6) is -0.271. The number of aromatic nitrogens is 4. The van der Waals surface area contributed by atoms with E-state index in [0.717, 1.165) is 10.9 Å². The van der Waals surface area contributed by atoms with E-state index in [4.69, 9.17) is 0 Å². The average molecular weight is 425 g/mol. The molecule has 164 valence electrons. The van der Waals surface area contributed by atoms with Gasteiger partial charge in [0, 0.05) is 43.3 Å². The molecule has 9 nitrogen and oxygen atoms in total. The lowest BCUT2D eigenvalue weighted by molar-refractivity contribution is -0.118. The summed E-state index contributed by atoms with van der Waals surface area (Å²) >= 11 is 0. The highest BCUT2D eigenvalue weighted by Gasteiger charge is 2.35. The number of carbonyl (C=O) groups is 2. The van der Waals surface area contributed by atoms with Gasteiger partial charge in [0.15, 0.2) is 0 Å². The monoisotopic (exact) mass is 424 g/mol. The van der Waals surface area contributed by atoms with E-state index in [2.05, 4.69) is 15.4 Å². The smallest absolute Gasteiger partial charge is 0.274 e. The summed E-state index contributed by atoms with van der Waals surface area (Å²) in [6, 6.07) is 5.64. The molecule has 0 aliphatic carbocycles. The maximum Gasteiger partial charge on any atom is 0.274 e. The first-order valence-electron chi connectivity index (χ1n) is 10.5. The average Bonchev–Trinajstić information content (AvgIpc) is 3.34. The Balaban J connectivity index is 1.45. The molecule has 0 radical (unpaired) electrons. The number of hydrogen-bond donors (Lipinski definition) is 2. The molecule has 0 atom stereocenters. The number of amides is 2. The minimum Gasteiger partial charge on any atom is -0.388 e. The first-order chi connectivity index (χ1) is 14.7. The molecule has 2 aromatic heterocycles. The van der Waals surface area contributed by atoms with Gasteiger partial charge in [-0.1, -0.05) is 13.8 Å². The van der Waals surface area contributed by atoms with Gasteiger partial charge in [0.2, 0.25) is 5.91 Å². The Morgan fingerprint density at radius 3 is 2.65 bits per heavy atom. The number of rotatable bonds is 5. The molecule has 31 heavy (non-hydrogen) atoms. The van der Waals surface area contributed by atoms with Crippen LogP contribution in [0.5, 0.6) is 0 Å². The summed E-state index contributed by atoms with van der Waals surface area (Å²) in [7, 11) is 1.83. The third kappa shape index (κ3) is 4.46. The van der Waals surface area contributed by atoms with Crippen LogP contribution in [0.25, 0.3) is 10.9 Å². The Bertz CT molecular complexity index is 1110. The predicted octanol–water partition coefficient (Wildman–Crippen LogP) is 2.03. The molecule has 2 amide bonds. The summed E-state index contributed by atoms with van der Waals surface area (Å²) in [4.78, 5) is 30.5. The van der Waals surface area contributed by atoms with Crippen LogP contribution in [0, 0.1) is 5.92 Å². The van der Waals surface area contributed by atoms with E-state index in [-0.39, 0.29) is 17.7 Å². The maximum absolute atomic E-state index is 12.6. The fraction of sp³-hybridized carbons (Fsp3) is 0.455. The van der Waals surface area contributed by atoms with Crippen LogP contribution < -0.4 is 5.32 Å². The molecule has 1 aliphatic rings. The van der Waals surface area contributed by atoms with Crippen molar-refractivity contribution in [3.8, 4) is 0 Å². The SMILES string of the molecule is CC(C)C(=O)Nc1ccc2cnn(CC3(O)CCN(C(=O)c4cn(C)cn4)CC3)c2c1. The van der Waals surface area contributed by atoms with Crippen LogP contribution in [-0.2, 0) is 18.4 Å². The third-order valence-corrected chi connectivity index (χ3v) is 5.79. The van der Waals surface area contributed by atoms with Gasteiger partial charge in [-0.15, -0.1) is 0 Å². The quantitative estimate of drug-likeness (QED) is 0.652. The standard InChI is InChI=1S/C22H28N6O3/c1-15(2)20(29)25-17-5-4-16-11-24-28(19(16)10-17)13-22(31)6-8-27(9-7-22)21(30)18-12-26(3)14-23-18/h4-5,10-12,14-15,31H,6-9,13H2,1-3H3,(H,25,29). The number of aliphatic hydroxyl groups is 1. The number of nitrogens with zero attached hydrogens (tertiary/aromatic N) is 5. The molecule has 9 heteroatoms. The first kappa shape index (κ1) is 21.0. The molecule has 1 aliphatic heterocycles. The summed E-state index contributed by atoms with van der Waals surface area (Å²) < 4.78 is 3.52. The van der Waals surface area contributed by atoms with E-state index >= 15 is 0 Å². The molecular formula is C22H28N6O3. The summed E-state index contributed by atoms with van der Waals surface area (Å²) in [5.41, 5.74) is 1.01. The van der Waals surface area contributed by atoms with Crippen molar-refractivity contribution in [3.63, 3.8) is 0 Å². The van der Waals surface area contributed by atoms with Gasteiger partial charge in [0.25, 0.3) is 5.91 Å². The zero-order chi connectivity index (χ0) is 22.2. The van der Waals surface area contributed by atoms with E-state index in [1.807, 2.05) is 39.1 Å². The Hall–Kier alpha value is -3.20. The van der Waals surface area contributed by atoms with Crippen LogP contribution in [0.3, 0.4) is 0 Å². The third-order valence-electron chi connectivity index (χ3n) is 5.79. The highest BCUT2D eigenvalue weighted by Crippen LogP contribution is 2.27. The van der Waals surface area contributed by atoms with Crippen molar-refractivity contribution < 1.29 is 14.7 Å². The molecule has 1 saturated heterocycles. The number of benzene rings is 1. The molecule has 0 saturated carbocycles. The highest BCUT2D eigenvalue weighted by molar-refractivity contribution is 5.94. The minimum atomic E-state index is -0.961.